The number of rotatable bonds is 3. The molecule has 0 aliphatic carbocycles. The number of halogens is 2. The Kier molecular flexibility index (Phi) is 4.51. The molecule has 1 atom stereocenters. The summed E-state index contributed by atoms with van der Waals surface area (Å²) in [6.45, 7) is 9.41. The van der Waals surface area contributed by atoms with Crippen molar-refractivity contribution >= 4 is 15.9 Å². The Morgan fingerprint density at radius 1 is 1.38 bits per heavy atom. The van der Waals surface area contributed by atoms with Crippen LogP contribution >= 0.6 is 15.9 Å². The van der Waals surface area contributed by atoms with Crippen molar-refractivity contribution < 1.29 is 4.39 Å². The van der Waals surface area contributed by atoms with Gasteiger partial charge in [0, 0.05) is 12.6 Å². The van der Waals surface area contributed by atoms with Gasteiger partial charge in [0.2, 0.25) is 0 Å². The van der Waals surface area contributed by atoms with Crippen LogP contribution in [0.3, 0.4) is 0 Å². The fourth-order valence-electron chi connectivity index (χ4n) is 1.23. The third kappa shape index (κ3) is 3.87. The molecule has 0 spiro atoms. The first-order valence-corrected chi connectivity index (χ1v) is 6.27. The van der Waals surface area contributed by atoms with Crippen LogP contribution in [0.4, 0.5) is 4.39 Å². The van der Waals surface area contributed by atoms with E-state index >= 15 is 0 Å². The molecule has 1 nitrogen and oxygen atoms in total. The fraction of sp³-hybridized carbons (Fsp3) is 0.538. The van der Waals surface area contributed by atoms with Crippen LogP contribution < -0.4 is 5.32 Å². The summed E-state index contributed by atoms with van der Waals surface area (Å²) >= 11 is 3.15. The zero-order chi connectivity index (χ0) is 12.3. The van der Waals surface area contributed by atoms with Crippen LogP contribution in [0.25, 0.3) is 0 Å². The maximum atomic E-state index is 13.3. The molecule has 0 aliphatic rings. The first-order valence-electron chi connectivity index (χ1n) is 5.48. The van der Waals surface area contributed by atoms with Gasteiger partial charge in [-0.2, -0.15) is 0 Å². The Balaban J connectivity index is 2.58. The summed E-state index contributed by atoms with van der Waals surface area (Å²) in [4.78, 5) is 0. The summed E-state index contributed by atoms with van der Waals surface area (Å²) in [6.07, 6.45) is 0. The van der Waals surface area contributed by atoms with Crippen LogP contribution in [-0.2, 0) is 6.54 Å². The minimum Gasteiger partial charge on any atom is -0.310 e. The van der Waals surface area contributed by atoms with Crippen molar-refractivity contribution in [3.05, 3.63) is 34.1 Å². The van der Waals surface area contributed by atoms with Crippen LogP contribution in [0.15, 0.2) is 22.7 Å². The highest BCUT2D eigenvalue weighted by Gasteiger charge is 2.19. The Hall–Kier alpha value is -0.410. The lowest BCUT2D eigenvalue weighted by Gasteiger charge is -2.28. The molecule has 0 fully saturated rings. The van der Waals surface area contributed by atoms with E-state index in [0.717, 1.165) is 5.56 Å². The molecular weight excluding hydrogens is 269 g/mol. The second kappa shape index (κ2) is 5.28. The minimum atomic E-state index is -0.206. The Morgan fingerprint density at radius 3 is 2.50 bits per heavy atom. The molecule has 0 radical (unpaired) electrons. The van der Waals surface area contributed by atoms with Crippen LogP contribution in [0.1, 0.15) is 33.3 Å². The van der Waals surface area contributed by atoms with Crippen molar-refractivity contribution in [2.45, 2.75) is 40.3 Å². The van der Waals surface area contributed by atoms with Gasteiger partial charge >= 0.3 is 0 Å². The Morgan fingerprint density at radius 2 is 2.00 bits per heavy atom. The van der Waals surface area contributed by atoms with E-state index in [-0.39, 0.29) is 11.2 Å². The summed E-state index contributed by atoms with van der Waals surface area (Å²) < 4.78 is 13.8. The van der Waals surface area contributed by atoms with Crippen molar-refractivity contribution in [3.8, 4) is 0 Å². The molecule has 1 N–H and O–H groups in total. The van der Waals surface area contributed by atoms with Crippen molar-refractivity contribution in [1.29, 1.82) is 0 Å². The van der Waals surface area contributed by atoms with Crippen LogP contribution in [0, 0.1) is 11.2 Å². The van der Waals surface area contributed by atoms with E-state index in [2.05, 4.69) is 48.9 Å². The third-order valence-electron chi connectivity index (χ3n) is 2.90. The quantitative estimate of drug-likeness (QED) is 0.882. The largest absolute Gasteiger partial charge is 0.310 e. The van der Waals surface area contributed by atoms with Gasteiger partial charge in [0.15, 0.2) is 0 Å². The molecule has 0 amide bonds. The molecule has 0 aromatic heterocycles. The first-order chi connectivity index (χ1) is 7.30. The van der Waals surface area contributed by atoms with Crippen LogP contribution in [-0.4, -0.2) is 6.04 Å². The van der Waals surface area contributed by atoms with Gasteiger partial charge in [-0.15, -0.1) is 0 Å². The smallest absolute Gasteiger partial charge is 0.137 e. The van der Waals surface area contributed by atoms with Gasteiger partial charge in [-0.05, 0) is 46.0 Å². The molecule has 1 aromatic rings. The Labute approximate surface area is 106 Å². The first kappa shape index (κ1) is 13.7. The standard InChI is InChI=1S/C13H19BrFN/c1-9(13(2,3)4)16-8-10-5-6-11(14)12(15)7-10/h5-7,9,16H,8H2,1-4H3. The van der Waals surface area contributed by atoms with Crippen LogP contribution in [0.2, 0.25) is 0 Å². The number of hydrogen-bond donors (Lipinski definition) is 1. The molecule has 0 saturated carbocycles. The zero-order valence-corrected chi connectivity index (χ0v) is 11.9. The normalized spacial score (nSPS) is 13.9. The van der Waals surface area contributed by atoms with E-state index in [1.54, 1.807) is 12.1 Å². The average molecular weight is 288 g/mol. The SMILES string of the molecule is CC(NCc1ccc(Br)c(F)c1)C(C)(C)C. The van der Waals surface area contributed by atoms with Crippen molar-refractivity contribution in [2.75, 3.05) is 0 Å². The molecule has 90 valence electrons. The van der Waals surface area contributed by atoms with E-state index in [0.29, 0.717) is 17.1 Å². The van der Waals surface area contributed by atoms with E-state index < -0.39 is 0 Å². The molecule has 1 aromatic carbocycles. The second-order valence-electron chi connectivity index (χ2n) is 5.22. The van der Waals surface area contributed by atoms with Crippen LogP contribution in [0.5, 0.6) is 0 Å². The van der Waals surface area contributed by atoms with Crippen molar-refractivity contribution in [1.82, 2.24) is 5.32 Å². The molecule has 0 heterocycles. The fourth-order valence-corrected chi connectivity index (χ4v) is 1.47. The lowest BCUT2D eigenvalue weighted by atomic mass is 9.88. The summed E-state index contributed by atoms with van der Waals surface area (Å²) in [6, 6.07) is 5.62. The summed E-state index contributed by atoms with van der Waals surface area (Å²) in [7, 11) is 0. The van der Waals surface area contributed by atoms with Gasteiger partial charge in [0.25, 0.3) is 0 Å². The lowest BCUT2D eigenvalue weighted by Crippen LogP contribution is -2.37. The topological polar surface area (TPSA) is 12.0 Å². The molecule has 16 heavy (non-hydrogen) atoms. The number of benzene rings is 1. The third-order valence-corrected chi connectivity index (χ3v) is 3.54. The average Bonchev–Trinajstić information content (AvgIpc) is 2.18. The molecular formula is C13H19BrFN. The lowest BCUT2D eigenvalue weighted by molar-refractivity contribution is 0.285. The minimum absolute atomic E-state index is 0.206. The van der Waals surface area contributed by atoms with Gasteiger partial charge in [-0.3, -0.25) is 0 Å². The number of nitrogens with one attached hydrogen (secondary N) is 1. The highest BCUT2D eigenvalue weighted by atomic mass is 79.9. The molecule has 1 unspecified atom stereocenters. The molecule has 0 saturated heterocycles. The summed E-state index contributed by atoms with van der Waals surface area (Å²) in [5.41, 5.74) is 1.19. The van der Waals surface area contributed by atoms with E-state index in [1.165, 1.54) is 0 Å². The van der Waals surface area contributed by atoms with Gasteiger partial charge in [0.05, 0.1) is 4.47 Å². The Bertz CT molecular complexity index is 357. The molecule has 0 bridgehead atoms. The summed E-state index contributed by atoms with van der Waals surface area (Å²) in [5.74, 6) is -0.206. The number of hydrogen-bond acceptors (Lipinski definition) is 1. The molecule has 0 aliphatic heterocycles. The van der Waals surface area contributed by atoms with E-state index in [1.807, 2.05) is 6.07 Å². The van der Waals surface area contributed by atoms with Crippen molar-refractivity contribution in [2.24, 2.45) is 5.41 Å². The predicted octanol–water partition coefficient (Wildman–Crippen LogP) is 4.11. The highest BCUT2D eigenvalue weighted by Crippen LogP contribution is 2.20. The maximum Gasteiger partial charge on any atom is 0.137 e. The second-order valence-corrected chi connectivity index (χ2v) is 6.07. The molecule has 1 rings (SSSR count). The van der Waals surface area contributed by atoms with Gasteiger partial charge in [-0.1, -0.05) is 26.8 Å². The van der Waals surface area contributed by atoms with Crippen molar-refractivity contribution in [3.63, 3.8) is 0 Å². The van der Waals surface area contributed by atoms with E-state index in [9.17, 15) is 4.39 Å². The zero-order valence-electron chi connectivity index (χ0n) is 10.3. The van der Waals surface area contributed by atoms with E-state index in [4.69, 9.17) is 0 Å². The highest BCUT2D eigenvalue weighted by molar-refractivity contribution is 9.10. The maximum absolute atomic E-state index is 13.3. The van der Waals surface area contributed by atoms with Gasteiger partial charge < -0.3 is 5.32 Å². The van der Waals surface area contributed by atoms with Gasteiger partial charge in [0.1, 0.15) is 5.82 Å². The molecule has 3 heteroatoms. The summed E-state index contributed by atoms with van der Waals surface area (Å²) in [5, 5.41) is 3.40. The van der Waals surface area contributed by atoms with Gasteiger partial charge in [-0.25, -0.2) is 4.39 Å². The predicted molar refractivity (Wildman–Crippen MR) is 69.9 cm³/mol. The monoisotopic (exact) mass is 287 g/mol.